The van der Waals surface area contributed by atoms with Gasteiger partial charge in [-0.05, 0) is 24.6 Å². The molecular weight excluding hydrogens is 226 g/mol. The number of benzene rings is 1. The fourth-order valence-corrected chi connectivity index (χ4v) is 2.15. The van der Waals surface area contributed by atoms with Crippen LogP contribution in [-0.2, 0) is 4.74 Å². The van der Waals surface area contributed by atoms with Crippen LogP contribution in [0, 0.1) is 0 Å². The van der Waals surface area contributed by atoms with Crippen LogP contribution in [0.4, 0.5) is 5.69 Å². The van der Waals surface area contributed by atoms with Gasteiger partial charge in [0.25, 0.3) is 0 Å². The molecule has 0 radical (unpaired) electrons. The summed E-state index contributed by atoms with van der Waals surface area (Å²) in [5.41, 5.74) is 1.54. The molecule has 1 aromatic rings. The summed E-state index contributed by atoms with van der Waals surface area (Å²) in [5.74, 6) is 0. The molecule has 2 rings (SSSR count). The third-order valence-corrected chi connectivity index (χ3v) is 3.19. The number of anilines is 1. The zero-order valence-corrected chi connectivity index (χ0v) is 9.91. The van der Waals surface area contributed by atoms with Crippen LogP contribution < -0.4 is 4.90 Å². The van der Waals surface area contributed by atoms with Crippen molar-refractivity contribution >= 4 is 23.6 Å². The molecule has 1 unspecified atom stereocenters. The van der Waals surface area contributed by atoms with Gasteiger partial charge in [-0.3, -0.25) is 4.79 Å². The van der Waals surface area contributed by atoms with Gasteiger partial charge >= 0.3 is 0 Å². The fourth-order valence-electron chi connectivity index (χ4n) is 1.97. The Morgan fingerprint density at radius 1 is 1.56 bits per heavy atom. The van der Waals surface area contributed by atoms with E-state index in [1.54, 1.807) is 12.1 Å². The molecule has 4 heteroatoms. The molecule has 1 aromatic carbocycles. The molecular formula is C12H14ClNO2. The maximum atomic E-state index is 11.0. The van der Waals surface area contributed by atoms with E-state index in [0.717, 1.165) is 31.6 Å². The van der Waals surface area contributed by atoms with Gasteiger partial charge in [-0.15, -0.1) is 0 Å². The molecule has 1 fully saturated rings. The minimum Gasteiger partial charge on any atom is -0.379 e. The summed E-state index contributed by atoms with van der Waals surface area (Å²) in [5, 5.41) is 0.585. The van der Waals surface area contributed by atoms with Crippen molar-refractivity contribution in [2.75, 3.05) is 25.2 Å². The summed E-state index contributed by atoms with van der Waals surface area (Å²) in [4.78, 5) is 13.1. The number of rotatable bonds is 3. The first-order valence-electron chi connectivity index (χ1n) is 5.27. The fraction of sp³-hybridized carbons (Fsp3) is 0.417. The summed E-state index contributed by atoms with van der Waals surface area (Å²) >= 11 is 5.86. The highest BCUT2D eigenvalue weighted by atomic mass is 35.5. The number of likely N-dealkylation sites (N-methyl/N-ethyl adjacent to an activating group) is 1. The Bertz CT molecular complexity index is 389. The number of hydrogen-bond acceptors (Lipinski definition) is 3. The molecule has 1 aliphatic rings. The predicted octanol–water partition coefficient (Wildman–Crippen LogP) is 2.38. The van der Waals surface area contributed by atoms with E-state index < -0.39 is 0 Å². The van der Waals surface area contributed by atoms with Crippen molar-refractivity contribution in [3.63, 3.8) is 0 Å². The van der Waals surface area contributed by atoms with Crippen LogP contribution in [0.1, 0.15) is 16.8 Å². The van der Waals surface area contributed by atoms with Gasteiger partial charge in [0.05, 0.1) is 12.6 Å². The molecule has 0 aromatic heterocycles. The third kappa shape index (κ3) is 2.20. The van der Waals surface area contributed by atoms with Gasteiger partial charge in [-0.1, -0.05) is 11.6 Å². The van der Waals surface area contributed by atoms with E-state index in [1.807, 2.05) is 13.1 Å². The van der Waals surface area contributed by atoms with Crippen molar-refractivity contribution in [2.45, 2.75) is 12.5 Å². The van der Waals surface area contributed by atoms with Crippen molar-refractivity contribution in [1.29, 1.82) is 0 Å². The van der Waals surface area contributed by atoms with E-state index in [-0.39, 0.29) is 0 Å². The molecule has 0 aliphatic carbocycles. The number of halogens is 1. The molecule has 86 valence electrons. The number of carbonyl (C=O) groups is 1. The second-order valence-electron chi connectivity index (χ2n) is 3.95. The maximum absolute atomic E-state index is 11.0. The molecule has 1 aliphatic heterocycles. The topological polar surface area (TPSA) is 29.5 Å². The minimum atomic E-state index is 0.347. The zero-order valence-electron chi connectivity index (χ0n) is 9.15. The first-order chi connectivity index (χ1) is 7.72. The monoisotopic (exact) mass is 239 g/mol. The summed E-state index contributed by atoms with van der Waals surface area (Å²) < 4.78 is 5.34. The van der Waals surface area contributed by atoms with E-state index in [0.29, 0.717) is 16.6 Å². The highest BCUT2D eigenvalue weighted by molar-refractivity contribution is 6.31. The summed E-state index contributed by atoms with van der Waals surface area (Å²) in [6.07, 6.45) is 1.84. The highest BCUT2D eigenvalue weighted by Crippen LogP contribution is 2.25. The Morgan fingerprint density at radius 2 is 2.38 bits per heavy atom. The lowest BCUT2D eigenvalue weighted by molar-refractivity contribution is 0.112. The molecule has 1 heterocycles. The Balaban J connectivity index is 2.27. The molecule has 0 amide bonds. The van der Waals surface area contributed by atoms with Gasteiger partial charge < -0.3 is 9.64 Å². The van der Waals surface area contributed by atoms with Crippen molar-refractivity contribution < 1.29 is 9.53 Å². The van der Waals surface area contributed by atoms with E-state index in [9.17, 15) is 4.79 Å². The minimum absolute atomic E-state index is 0.347. The van der Waals surface area contributed by atoms with E-state index in [1.165, 1.54) is 0 Å². The average molecular weight is 240 g/mol. The van der Waals surface area contributed by atoms with E-state index >= 15 is 0 Å². The lowest BCUT2D eigenvalue weighted by Gasteiger charge is -2.26. The molecule has 0 saturated carbocycles. The number of ether oxygens (including phenoxy) is 1. The Kier molecular flexibility index (Phi) is 3.46. The van der Waals surface area contributed by atoms with Crippen molar-refractivity contribution in [3.8, 4) is 0 Å². The molecule has 0 N–H and O–H groups in total. The Labute approximate surface area is 100.0 Å². The van der Waals surface area contributed by atoms with Crippen LogP contribution in [-0.4, -0.2) is 32.6 Å². The first kappa shape index (κ1) is 11.4. The maximum Gasteiger partial charge on any atom is 0.152 e. The van der Waals surface area contributed by atoms with Gasteiger partial charge in [0, 0.05) is 29.9 Å². The van der Waals surface area contributed by atoms with Crippen LogP contribution in [0.5, 0.6) is 0 Å². The van der Waals surface area contributed by atoms with Crippen LogP contribution in [0.25, 0.3) is 0 Å². The lowest BCUT2D eigenvalue weighted by Crippen LogP contribution is -2.32. The zero-order chi connectivity index (χ0) is 11.5. The summed E-state index contributed by atoms with van der Waals surface area (Å²) in [7, 11) is 1.98. The molecule has 3 nitrogen and oxygen atoms in total. The number of aldehydes is 1. The highest BCUT2D eigenvalue weighted by Gasteiger charge is 2.22. The molecule has 16 heavy (non-hydrogen) atoms. The molecule has 0 bridgehead atoms. The van der Waals surface area contributed by atoms with Gasteiger partial charge in [0.2, 0.25) is 0 Å². The van der Waals surface area contributed by atoms with E-state index in [2.05, 4.69) is 4.90 Å². The smallest absolute Gasteiger partial charge is 0.152 e. The van der Waals surface area contributed by atoms with Crippen LogP contribution in [0.2, 0.25) is 5.02 Å². The summed E-state index contributed by atoms with van der Waals surface area (Å²) in [6.45, 7) is 1.51. The normalized spacial score (nSPS) is 19.8. The Morgan fingerprint density at radius 3 is 3.00 bits per heavy atom. The molecule has 0 spiro atoms. The molecule has 1 saturated heterocycles. The number of carbonyl (C=O) groups excluding carboxylic acids is 1. The molecule has 1 atom stereocenters. The van der Waals surface area contributed by atoms with Crippen LogP contribution in [0.15, 0.2) is 18.2 Å². The first-order valence-corrected chi connectivity index (χ1v) is 5.65. The van der Waals surface area contributed by atoms with Crippen LogP contribution >= 0.6 is 11.6 Å². The van der Waals surface area contributed by atoms with Crippen molar-refractivity contribution in [1.82, 2.24) is 0 Å². The Hall–Kier alpha value is -1.06. The number of nitrogens with zero attached hydrogens (tertiary/aromatic N) is 1. The SMILES string of the molecule is CN(c1ccc(Cl)cc1C=O)C1CCOC1. The van der Waals surface area contributed by atoms with Crippen molar-refractivity contribution in [2.24, 2.45) is 0 Å². The summed E-state index contributed by atoms with van der Waals surface area (Å²) in [6, 6.07) is 5.72. The van der Waals surface area contributed by atoms with Crippen LogP contribution in [0.3, 0.4) is 0 Å². The predicted molar refractivity (Wildman–Crippen MR) is 64.5 cm³/mol. The quantitative estimate of drug-likeness (QED) is 0.759. The third-order valence-electron chi connectivity index (χ3n) is 2.95. The van der Waals surface area contributed by atoms with Gasteiger partial charge in [0.1, 0.15) is 0 Å². The average Bonchev–Trinajstić information content (AvgIpc) is 2.81. The van der Waals surface area contributed by atoms with Gasteiger partial charge in [-0.25, -0.2) is 0 Å². The van der Waals surface area contributed by atoms with Crippen molar-refractivity contribution in [3.05, 3.63) is 28.8 Å². The van der Waals surface area contributed by atoms with Gasteiger partial charge in [-0.2, -0.15) is 0 Å². The lowest BCUT2D eigenvalue weighted by atomic mass is 10.1. The number of hydrogen-bond donors (Lipinski definition) is 0. The second-order valence-corrected chi connectivity index (χ2v) is 4.39. The second kappa shape index (κ2) is 4.85. The van der Waals surface area contributed by atoms with Gasteiger partial charge in [0.15, 0.2) is 6.29 Å². The standard InChI is InChI=1S/C12H14ClNO2/c1-14(11-4-5-16-8-11)12-3-2-10(13)6-9(12)7-15/h2-3,6-7,11H,4-5,8H2,1H3. The largest absolute Gasteiger partial charge is 0.379 e. The van der Waals surface area contributed by atoms with E-state index in [4.69, 9.17) is 16.3 Å².